The molecule has 2 N–H and O–H groups in total. The molecule has 5 heteroatoms. The Morgan fingerprint density at radius 1 is 0.929 bits per heavy atom. The molecule has 2 aromatic carbocycles. The molecule has 1 unspecified atom stereocenters. The highest BCUT2D eigenvalue weighted by Gasteiger charge is 2.20. The Bertz CT molecular complexity index is 730. The highest BCUT2D eigenvalue weighted by Crippen LogP contribution is 2.24. The van der Waals surface area contributed by atoms with E-state index in [-0.39, 0.29) is 5.41 Å². The lowest BCUT2D eigenvalue weighted by Crippen LogP contribution is -2.49. The number of aliphatic hydroxyl groups is 1. The number of aliphatic hydroxyl groups excluding tert-OH is 1. The average molecular weight is 385 g/mol. The van der Waals surface area contributed by atoms with Crippen LogP contribution in [0.4, 0.5) is 5.69 Å². The largest absolute Gasteiger partial charge is 0.508 e. The predicted molar refractivity (Wildman–Crippen MR) is 113 cm³/mol. The fraction of sp³-hybridized carbons (Fsp3) is 0.478. The maximum Gasteiger partial charge on any atom is 0.119 e. The minimum atomic E-state index is -0.512. The second kappa shape index (κ2) is 8.84. The van der Waals surface area contributed by atoms with Gasteiger partial charge in [0.2, 0.25) is 0 Å². The quantitative estimate of drug-likeness (QED) is 0.801. The summed E-state index contributed by atoms with van der Waals surface area (Å²) < 4.78 is 5.77. The molecule has 1 fully saturated rings. The fourth-order valence-electron chi connectivity index (χ4n) is 3.45. The van der Waals surface area contributed by atoms with Crippen molar-refractivity contribution in [3.8, 4) is 11.5 Å². The van der Waals surface area contributed by atoms with Crippen LogP contribution >= 0.6 is 0 Å². The van der Waals surface area contributed by atoms with Crippen LogP contribution in [0.15, 0.2) is 48.5 Å². The van der Waals surface area contributed by atoms with E-state index >= 15 is 0 Å². The highest BCUT2D eigenvalue weighted by molar-refractivity contribution is 5.49. The molecule has 2 aromatic rings. The van der Waals surface area contributed by atoms with E-state index in [1.807, 2.05) is 24.3 Å². The van der Waals surface area contributed by atoms with Gasteiger partial charge in [-0.25, -0.2) is 0 Å². The van der Waals surface area contributed by atoms with Crippen LogP contribution in [0.2, 0.25) is 0 Å². The summed E-state index contributed by atoms with van der Waals surface area (Å²) in [7, 11) is 0. The monoisotopic (exact) mass is 384 g/mol. The van der Waals surface area contributed by atoms with E-state index in [4.69, 9.17) is 4.74 Å². The first kappa shape index (κ1) is 20.5. The zero-order valence-corrected chi connectivity index (χ0v) is 17.1. The van der Waals surface area contributed by atoms with Gasteiger partial charge in [0.25, 0.3) is 0 Å². The standard InChI is InChI=1S/C23H32N2O3/c1-23(2,3)18-4-10-22(11-5-18)28-17-21(27)16-24-12-14-25(15-13-24)19-6-8-20(26)9-7-19/h4-11,21,26-27H,12-17H2,1-3H3. The summed E-state index contributed by atoms with van der Waals surface area (Å²) in [5.41, 5.74) is 2.52. The number of hydrogen-bond donors (Lipinski definition) is 2. The molecule has 0 bridgehead atoms. The number of rotatable bonds is 6. The van der Waals surface area contributed by atoms with Crippen molar-refractivity contribution in [3.05, 3.63) is 54.1 Å². The molecule has 0 spiro atoms. The number of phenolic OH excluding ortho intramolecular Hbond substituents is 1. The Hall–Kier alpha value is -2.24. The molecule has 1 aliphatic heterocycles. The lowest BCUT2D eigenvalue weighted by Gasteiger charge is -2.36. The second-order valence-corrected chi connectivity index (χ2v) is 8.54. The highest BCUT2D eigenvalue weighted by atomic mass is 16.5. The third-order valence-electron chi connectivity index (χ3n) is 5.22. The zero-order valence-electron chi connectivity index (χ0n) is 17.1. The molecule has 0 aliphatic carbocycles. The summed E-state index contributed by atoms with van der Waals surface area (Å²) >= 11 is 0. The van der Waals surface area contributed by atoms with Gasteiger partial charge in [-0.3, -0.25) is 4.90 Å². The number of benzene rings is 2. The lowest BCUT2D eigenvalue weighted by atomic mass is 9.87. The van der Waals surface area contributed by atoms with Gasteiger partial charge < -0.3 is 19.8 Å². The SMILES string of the molecule is CC(C)(C)c1ccc(OCC(O)CN2CCN(c3ccc(O)cc3)CC2)cc1. The molecule has 152 valence electrons. The molecule has 3 rings (SSSR count). The first-order valence-electron chi connectivity index (χ1n) is 9.99. The Balaban J connectivity index is 1.41. The van der Waals surface area contributed by atoms with E-state index in [2.05, 4.69) is 42.7 Å². The third-order valence-corrected chi connectivity index (χ3v) is 5.22. The summed E-state index contributed by atoms with van der Waals surface area (Å²) in [5, 5.41) is 19.8. The van der Waals surface area contributed by atoms with Crippen molar-refractivity contribution < 1.29 is 14.9 Å². The summed E-state index contributed by atoms with van der Waals surface area (Å²) in [6, 6.07) is 15.5. The van der Waals surface area contributed by atoms with E-state index in [0.29, 0.717) is 18.9 Å². The Labute approximate surface area is 168 Å². The van der Waals surface area contributed by atoms with Crippen LogP contribution in [0.5, 0.6) is 11.5 Å². The summed E-state index contributed by atoms with van der Waals surface area (Å²) in [6.45, 7) is 11.1. The normalized spacial score (nSPS) is 16.8. The van der Waals surface area contributed by atoms with Gasteiger partial charge in [0.1, 0.15) is 24.2 Å². The van der Waals surface area contributed by atoms with Crippen molar-refractivity contribution in [1.82, 2.24) is 4.90 Å². The van der Waals surface area contributed by atoms with Gasteiger partial charge in [-0.15, -0.1) is 0 Å². The van der Waals surface area contributed by atoms with Gasteiger partial charge in [-0.2, -0.15) is 0 Å². The summed E-state index contributed by atoms with van der Waals surface area (Å²) in [4.78, 5) is 4.57. The van der Waals surface area contributed by atoms with Gasteiger partial charge in [0.05, 0.1) is 0 Å². The van der Waals surface area contributed by atoms with Gasteiger partial charge in [0.15, 0.2) is 0 Å². The number of ether oxygens (including phenoxy) is 1. The minimum Gasteiger partial charge on any atom is -0.508 e. The van der Waals surface area contributed by atoms with Crippen LogP contribution in [-0.2, 0) is 5.41 Å². The maximum atomic E-state index is 10.4. The molecule has 0 saturated carbocycles. The molecule has 1 atom stereocenters. The van der Waals surface area contributed by atoms with Crippen molar-refractivity contribution in [3.63, 3.8) is 0 Å². The number of aromatic hydroxyl groups is 1. The predicted octanol–water partition coefficient (Wildman–Crippen LogP) is 3.25. The maximum absolute atomic E-state index is 10.4. The Morgan fingerprint density at radius 2 is 1.54 bits per heavy atom. The van der Waals surface area contributed by atoms with Crippen molar-refractivity contribution in [2.45, 2.75) is 32.3 Å². The van der Waals surface area contributed by atoms with Gasteiger partial charge >= 0.3 is 0 Å². The molecule has 0 radical (unpaired) electrons. The van der Waals surface area contributed by atoms with Crippen LogP contribution in [0.1, 0.15) is 26.3 Å². The van der Waals surface area contributed by atoms with Crippen molar-refractivity contribution in [2.24, 2.45) is 0 Å². The smallest absolute Gasteiger partial charge is 0.119 e. The van der Waals surface area contributed by atoms with Crippen LogP contribution in [0.25, 0.3) is 0 Å². The first-order chi connectivity index (χ1) is 13.3. The average Bonchev–Trinajstić information content (AvgIpc) is 2.67. The summed E-state index contributed by atoms with van der Waals surface area (Å²) in [6.07, 6.45) is -0.512. The topological polar surface area (TPSA) is 56.2 Å². The second-order valence-electron chi connectivity index (χ2n) is 8.54. The minimum absolute atomic E-state index is 0.125. The van der Waals surface area contributed by atoms with E-state index in [9.17, 15) is 10.2 Å². The molecular weight excluding hydrogens is 352 g/mol. The molecule has 28 heavy (non-hydrogen) atoms. The van der Waals surface area contributed by atoms with Gasteiger partial charge in [0, 0.05) is 38.4 Å². The number of piperazine rings is 1. The Kier molecular flexibility index (Phi) is 6.47. The van der Waals surface area contributed by atoms with Crippen LogP contribution in [0, 0.1) is 0 Å². The molecule has 5 nitrogen and oxygen atoms in total. The van der Waals surface area contributed by atoms with Gasteiger partial charge in [-0.05, 0) is 47.4 Å². The van der Waals surface area contributed by atoms with Crippen LogP contribution in [0.3, 0.4) is 0 Å². The number of anilines is 1. The number of phenols is 1. The van der Waals surface area contributed by atoms with Crippen LogP contribution < -0.4 is 9.64 Å². The van der Waals surface area contributed by atoms with Gasteiger partial charge in [-0.1, -0.05) is 32.9 Å². The van der Waals surface area contributed by atoms with Crippen molar-refractivity contribution >= 4 is 5.69 Å². The first-order valence-corrected chi connectivity index (χ1v) is 9.99. The number of β-amino-alcohol motifs (C(OH)–C–C–N with tert-alkyl or cyclic N) is 1. The molecule has 1 aliphatic rings. The molecule has 0 aromatic heterocycles. The fourth-order valence-corrected chi connectivity index (χ4v) is 3.45. The molecular formula is C23H32N2O3. The molecule has 1 heterocycles. The number of hydrogen-bond acceptors (Lipinski definition) is 5. The molecule has 0 amide bonds. The van der Waals surface area contributed by atoms with E-state index in [1.54, 1.807) is 12.1 Å². The third kappa shape index (κ3) is 5.63. The van der Waals surface area contributed by atoms with Crippen LogP contribution in [-0.4, -0.2) is 60.5 Å². The van der Waals surface area contributed by atoms with E-state index in [0.717, 1.165) is 37.6 Å². The van der Waals surface area contributed by atoms with E-state index in [1.165, 1.54) is 5.56 Å². The Morgan fingerprint density at radius 3 is 2.11 bits per heavy atom. The molecule has 1 saturated heterocycles. The lowest BCUT2D eigenvalue weighted by molar-refractivity contribution is 0.0663. The van der Waals surface area contributed by atoms with Crippen molar-refractivity contribution in [2.75, 3.05) is 44.2 Å². The van der Waals surface area contributed by atoms with E-state index < -0.39 is 6.10 Å². The van der Waals surface area contributed by atoms with Crippen molar-refractivity contribution in [1.29, 1.82) is 0 Å². The zero-order chi connectivity index (χ0) is 20.1. The number of nitrogens with zero attached hydrogens (tertiary/aromatic N) is 2. The summed E-state index contributed by atoms with van der Waals surface area (Å²) in [5.74, 6) is 1.09.